The molecule has 0 aromatic carbocycles. The lowest BCUT2D eigenvalue weighted by molar-refractivity contribution is -0.161. The molecule has 4 N–H and O–H groups in total. The molecule has 18 heteroatoms. The fourth-order valence-electron chi connectivity index (χ4n) is 10.2. The minimum absolute atomic E-state index is 0.0184. The molecular weight excluding hydrogens is 1340 g/mol. The highest BCUT2D eigenvalue weighted by atomic mass is 31.2. The van der Waals surface area contributed by atoms with Gasteiger partial charge in [0.2, 0.25) is 0 Å². The van der Waals surface area contributed by atoms with Crippen LogP contribution in [0.15, 0.2) is 158 Å². The van der Waals surface area contributed by atoms with Crippen LogP contribution in [0.1, 0.15) is 303 Å². The lowest BCUT2D eigenvalue weighted by Gasteiger charge is -2.21. The second-order valence-corrected chi connectivity index (χ2v) is 29.0. The summed E-state index contributed by atoms with van der Waals surface area (Å²) in [5.74, 6) is -1.66. The molecule has 0 fully saturated rings. The predicted octanol–water partition coefficient (Wildman–Crippen LogP) is 23.4. The van der Waals surface area contributed by atoms with Crippen molar-refractivity contribution in [1.29, 1.82) is 0 Å². The molecule has 0 aromatic rings. The van der Waals surface area contributed by atoms with Crippen LogP contribution in [0.5, 0.6) is 0 Å². The molecule has 0 amide bonds. The highest BCUT2D eigenvalue weighted by Gasteiger charge is 2.29. The molecule has 0 aliphatic heterocycles. The number of aliphatic hydroxyl groups is 2. The number of esters is 3. The Balaban J connectivity index is 4.66. The number of allylic oxidation sites excluding steroid dienone is 26. The Morgan fingerprint density at radius 3 is 0.845 bits per heavy atom. The van der Waals surface area contributed by atoms with Gasteiger partial charge in [0.1, 0.15) is 25.4 Å². The molecule has 16 nitrogen and oxygen atoms in total. The molecule has 5 unspecified atom stereocenters. The van der Waals surface area contributed by atoms with Crippen molar-refractivity contribution in [3.63, 3.8) is 0 Å². The summed E-state index contributed by atoms with van der Waals surface area (Å²) in [6.45, 7) is 2.42. The van der Waals surface area contributed by atoms with E-state index >= 15 is 0 Å². The Kier molecular flexibility index (Phi) is 73.2. The van der Waals surface area contributed by atoms with Gasteiger partial charge in [-0.15, -0.1) is 0 Å². The molecule has 0 aromatic heterocycles. The monoisotopic (exact) mass is 1480 g/mol. The van der Waals surface area contributed by atoms with E-state index in [2.05, 4.69) is 167 Å². The summed E-state index contributed by atoms with van der Waals surface area (Å²) >= 11 is 0. The number of aliphatic hydroxyl groups excluding tert-OH is 2. The topological polar surface area (TPSA) is 231 Å². The molecule has 0 aliphatic rings. The normalized spacial score (nSPS) is 14.8. The van der Waals surface area contributed by atoms with Crippen LogP contribution in [-0.4, -0.2) is 95.9 Å². The van der Waals surface area contributed by atoms with E-state index in [4.69, 9.17) is 32.3 Å². The van der Waals surface area contributed by atoms with E-state index in [0.717, 1.165) is 141 Å². The lowest BCUT2D eigenvalue weighted by atomic mass is 10.0. The van der Waals surface area contributed by atoms with Crippen LogP contribution in [-0.2, 0) is 55.8 Å². The Morgan fingerprint density at radius 1 is 0.282 bits per heavy atom. The lowest BCUT2D eigenvalue weighted by Crippen LogP contribution is -2.30. The molecule has 0 spiro atoms. The number of carbonyl (C=O) groups is 3. The van der Waals surface area contributed by atoms with Crippen molar-refractivity contribution in [2.45, 2.75) is 322 Å². The van der Waals surface area contributed by atoms with Gasteiger partial charge in [-0.25, -0.2) is 9.13 Å². The molecule has 0 bridgehead atoms. The smallest absolute Gasteiger partial charge is 0.463 e. The molecule has 0 rings (SSSR count). The third-order valence-electron chi connectivity index (χ3n) is 16.2. The highest BCUT2D eigenvalue weighted by Crippen LogP contribution is 2.45. The van der Waals surface area contributed by atoms with Crippen molar-refractivity contribution in [2.75, 3.05) is 39.6 Å². The number of ether oxygens (including phenoxy) is 3. The van der Waals surface area contributed by atoms with Crippen LogP contribution in [0, 0.1) is 0 Å². The van der Waals surface area contributed by atoms with E-state index in [9.17, 15) is 43.5 Å². The Labute approximate surface area is 625 Å². The maximum absolute atomic E-state index is 13.0. The number of carbonyl (C=O) groups excluding carboxylic acids is 3. The summed E-state index contributed by atoms with van der Waals surface area (Å²) in [6.07, 6.45) is 95.8. The molecule has 0 heterocycles. The van der Waals surface area contributed by atoms with Crippen molar-refractivity contribution in [2.24, 2.45) is 0 Å². The van der Waals surface area contributed by atoms with E-state index in [1.807, 2.05) is 12.2 Å². The van der Waals surface area contributed by atoms with Crippen LogP contribution in [0.3, 0.4) is 0 Å². The second-order valence-electron chi connectivity index (χ2n) is 26.1. The van der Waals surface area contributed by atoms with Gasteiger partial charge in [-0.1, -0.05) is 294 Å². The first-order valence-electron chi connectivity index (χ1n) is 39.8. The molecule has 5 atom stereocenters. The summed E-state index contributed by atoms with van der Waals surface area (Å²) < 4.78 is 61.1. The quantitative estimate of drug-likeness (QED) is 0.0146. The molecule has 103 heavy (non-hydrogen) atoms. The highest BCUT2D eigenvalue weighted by molar-refractivity contribution is 7.47. The van der Waals surface area contributed by atoms with E-state index in [1.165, 1.54) is 96.3 Å². The zero-order valence-electron chi connectivity index (χ0n) is 64.2. The van der Waals surface area contributed by atoms with E-state index in [1.54, 1.807) is 0 Å². The molecule has 588 valence electrons. The van der Waals surface area contributed by atoms with Gasteiger partial charge in [-0.2, -0.15) is 0 Å². The van der Waals surface area contributed by atoms with E-state index < -0.39 is 91.5 Å². The van der Waals surface area contributed by atoms with Crippen LogP contribution in [0.2, 0.25) is 0 Å². The number of hydrogen-bond acceptors (Lipinski definition) is 14. The molecular formula is C85H142O16P2. The summed E-state index contributed by atoms with van der Waals surface area (Å²) in [4.78, 5) is 58.7. The first-order valence-corrected chi connectivity index (χ1v) is 42.8. The maximum Gasteiger partial charge on any atom is 0.472 e. The van der Waals surface area contributed by atoms with Crippen LogP contribution in [0.4, 0.5) is 0 Å². The summed E-state index contributed by atoms with van der Waals surface area (Å²) in [5, 5.41) is 20.6. The van der Waals surface area contributed by atoms with Crippen LogP contribution in [0.25, 0.3) is 0 Å². The number of unbranched alkanes of at least 4 members (excludes halogenated alkanes) is 25. The Morgan fingerprint density at radius 2 is 0.524 bits per heavy atom. The van der Waals surface area contributed by atoms with E-state index in [0.29, 0.717) is 25.7 Å². The standard InChI is InChI=1S/C85H142O16P2/c1-4-7-10-13-16-19-22-25-28-31-33-35-37-38-39-40-42-44-45-48-50-53-56-59-62-65-68-71-83(88)95-74-80(86)75-97-102(91,92)98-76-81(87)77-99-103(93,94)100-79-82(101-85(90)73-70-67-64-61-58-55-52-47-30-27-24-21-18-15-12-9-6-3)78-96-84(89)72-69-66-63-60-57-54-51-49-46-43-41-36-34-32-29-26-23-20-17-14-11-8-5-2/h9,12,16-21,25-30,33-36,38-39,43,46,52,55,61,64,80-82,86-87H,4-8,10-11,13-15,22-24,31-32,37,40-42,44-45,47-51,53-54,56-60,62-63,65-79H2,1-3H3,(H,91,92)(H,93,94)/b12-9-,19-16-,20-17-,21-18-,28-25-,29-26-,30-27-,35-33-,36-34-,39-38-,46-43-,55-52-,64-61-. The van der Waals surface area contributed by atoms with Crippen molar-refractivity contribution in [1.82, 2.24) is 0 Å². The maximum atomic E-state index is 13.0. The minimum Gasteiger partial charge on any atom is -0.463 e. The number of phosphoric acid groups is 2. The van der Waals surface area contributed by atoms with Gasteiger partial charge >= 0.3 is 33.6 Å². The summed E-state index contributed by atoms with van der Waals surface area (Å²) in [5.41, 5.74) is 0. The summed E-state index contributed by atoms with van der Waals surface area (Å²) in [7, 11) is -9.82. The van der Waals surface area contributed by atoms with Gasteiger partial charge in [0.05, 0.1) is 26.4 Å². The van der Waals surface area contributed by atoms with Gasteiger partial charge < -0.3 is 34.2 Å². The molecule has 0 radical (unpaired) electrons. The Hall–Kier alpha value is -4.83. The first-order chi connectivity index (χ1) is 50.2. The number of hydrogen-bond donors (Lipinski definition) is 4. The fourth-order valence-corrected chi connectivity index (χ4v) is 11.7. The van der Waals surface area contributed by atoms with Crippen molar-refractivity contribution in [3.8, 4) is 0 Å². The van der Waals surface area contributed by atoms with Crippen LogP contribution >= 0.6 is 15.6 Å². The van der Waals surface area contributed by atoms with Gasteiger partial charge in [0.25, 0.3) is 0 Å². The second kappa shape index (κ2) is 76.8. The molecule has 0 saturated carbocycles. The SMILES string of the molecule is CC/C=C\C/C=C\C/C=C\C/C=C\C/C=C\CCCC(=O)OC(COC(=O)CCCCCCCCC/C=C\C/C=C\C/C=C\C/C=C\CCCCC)COP(=O)(O)OCC(O)COP(=O)(O)OCC(O)COC(=O)CCCCCCCCCCCCC/C=C\C/C=C\C/C=C\C/C=C\CCCCC. The minimum atomic E-state index is -4.96. The van der Waals surface area contributed by atoms with E-state index in [-0.39, 0.29) is 19.3 Å². The summed E-state index contributed by atoms with van der Waals surface area (Å²) in [6, 6.07) is 0. The molecule has 0 saturated heterocycles. The van der Waals surface area contributed by atoms with Crippen molar-refractivity contribution < 1.29 is 75.8 Å². The molecule has 0 aliphatic carbocycles. The van der Waals surface area contributed by atoms with Gasteiger partial charge in [-0.3, -0.25) is 32.5 Å². The fraction of sp³-hybridized carbons (Fsp3) is 0.659. The number of rotatable bonds is 74. The average molecular weight is 1480 g/mol. The van der Waals surface area contributed by atoms with Gasteiger partial charge in [-0.05, 0) is 148 Å². The van der Waals surface area contributed by atoms with Crippen molar-refractivity contribution in [3.05, 3.63) is 158 Å². The zero-order chi connectivity index (χ0) is 75.2. The third-order valence-corrected chi connectivity index (χ3v) is 18.1. The largest absolute Gasteiger partial charge is 0.472 e. The van der Waals surface area contributed by atoms with Gasteiger partial charge in [0.15, 0.2) is 6.10 Å². The zero-order valence-corrected chi connectivity index (χ0v) is 66.0. The third kappa shape index (κ3) is 78.1. The predicted molar refractivity (Wildman–Crippen MR) is 426 cm³/mol. The Bertz CT molecular complexity index is 2500. The van der Waals surface area contributed by atoms with Gasteiger partial charge in [0, 0.05) is 19.3 Å². The number of phosphoric ester groups is 2. The average Bonchev–Trinajstić information content (AvgIpc) is 0.936. The van der Waals surface area contributed by atoms with Crippen molar-refractivity contribution >= 4 is 33.6 Å². The first kappa shape index (κ1) is 98.2. The van der Waals surface area contributed by atoms with Crippen LogP contribution < -0.4 is 0 Å².